The van der Waals surface area contributed by atoms with Crippen LogP contribution in [0.25, 0.3) is 0 Å². The highest BCUT2D eigenvalue weighted by Crippen LogP contribution is 2.06. The molecule has 0 aromatic carbocycles. The zero-order valence-corrected chi connectivity index (χ0v) is 7.60. The topological polar surface area (TPSA) is 3.24 Å². The van der Waals surface area contributed by atoms with Crippen LogP contribution in [0, 0.1) is 0 Å². The van der Waals surface area contributed by atoms with E-state index in [1.807, 2.05) is 6.08 Å². The van der Waals surface area contributed by atoms with Gasteiger partial charge in [0.2, 0.25) is 0 Å². The van der Waals surface area contributed by atoms with Crippen LogP contribution in [-0.4, -0.2) is 18.0 Å². The number of hydrogen-bond donors (Lipinski definition) is 0. The SMILES string of the molecule is C=CC1=CCN(CC)C=C1.Cl. The predicted molar refractivity (Wildman–Crippen MR) is 51.9 cm³/mol. The molecule has 0 unspecified atom stereocenters. The Hall–Kier alpha value is -0.690. The molecule has 1 heterocycles. The highest BCUT2D eigenvalue weighted by Gasteiger charge is 1.97. The second-order valence-corrected chi connectivity index (χ2v) is 2.31. The molecule has 0 amide bonds. The minimum absolute atomic E-state index is 0. The van der Waals surface area contributed by atoms with E-state index in [1.54, 1.807) is 0 Å². The molecule has 1 nitrogen and oxygen atoms in total. The molecule has 1 aliphatic heterocycles. The standard InChI is InChI=1S/C9H13N.ClH/c1-3-9-5-7-10(4-2)8-6-9;/h3,5-7H,1,4,8H2,2H3;1H. The number of hydrogen-bond acceptors (Lipinski definition) is 1. The molecule has 0 bridgehead atoms. The molecular weight excluding hydrogens is 158 g/mol. The van der Waals surface area contributed by atoms with Gasteiger partial charge in [0.1, 0.15) is 0 Å². The molecule has 0 atom stereocenters. The van der Waals surface area contributed by atoms with Gasteiger partial charge >= 0.3 is 0 Å². The first-order valence-electron chi connectivity index (χ1n) is 3.61. The minimum Gasteiger partial charge on any atom is -0.374 e. The van der Waals surface area contributed by atoms with Crippen molar-refractivity contribution in [3.63, 3.8) is 0 Å². The summed E-state index contributed by atoms with van der Waals surface area (Å²) in [5.74, 6) is 0. The summed E-state index contributed by atoms with van der Waals surface area (Å²) in [5.41, 5.74) is 1.23. The number of halogens is 1. The van der Waals surface area contributed by atoms with E-state index in [0.717, 1.165) is 13.1 Å². The third-order valence-corrected chi connectivity index (χ3v) is 1.68. The maximum atomic E-state index is 3.70. The number of likely N-dealkylation sites (N-methyl/N-ethyl adjacent to an activating group) is 1. The van der Waals surface area contributed by atoms with Crippen molar-refractivity contribution in [1.82, 2.24) is 4.90 Å². The van der Waals surface area contributed by atoms with Gasteiger partial charge in [-0.1, -0.05) is 18.7 Å². The van der Waals surface area contributed by atoms with Crippen LogP contribution in [0.2, 0.25) is 0 Å². The lowest BCUT2D eigenvalue weighted by molar-refractivity contribution is 0.434. The second-order valence-electron chi connectivity index (χ2n) is 2.31. The zero-order chi connectivity index (χ0) is 7.40. The number of rotatable bonds is 2. The normalized spacial score (nSPS) is 15.4. The van der Waals surface area contributed by atoms with E-state index in [2.05, 4.69) is 36.8 Å². The Morgan fingerprint density at radius 1 is 1.73 bits per heavy atom. The Bertz CT molecular complexity index is 182. The molecule has 0 saturated carbocycles. The predicted octanol–water partition coefficient (Wildman–Crippen LogP) is 2.37. The Kier molecular flexibility index (Phi) is 4.71. The van der Waals surface area contributed by atoms with Crippen molar-refractivity contribution >= 4 is 12.4 Å². The lowest BCUT2D eigenvalue weighted by Crippen LogP contribution is -2.18. The molecule has 0 aromatic heterocycles. The van der Waals surface area contributed by atoms with Gasteiger partial charge < -0.3 is 4.90 Å². The van der Waals surface area contributed by atoms with E-state index in [1.165, 1.54) is 5.57 Å². The van der Waals surface area contributed by atoms with E-state index in [-0.39, 0.29) is 12.4 Å². The molecule has 0 aromatic rings. The third-order valence-electron chi connectivity index (χ3n) is 1.68. The molecule has 0 spiro atoms. The average molecular weight is 172 g/mol. The van der Waals surface area contributed by atoms with Crippen LogP contribution >= 0.6 is 12.4 Å². The average Bonchev–Trinajstić information content (AvgIpc) is 2.05. The Morgan fingerprint density at radius 2 is 2.45 bits per heavy atom. The summed E-state index contributed by atoms with van der Waals surface area (Å²) in [6.45, 7) is 7.95. The maximum Gasteiger partial charge on any atom is 0.0362 e. The van der Waals surface area contributed by atoms with Gasteiger partial charge in [0.15, 0.2) is 0 Å². The van der Waals surface area contributed by atoms with Crippen LogP contribution in [0.3, 0.4) is 0 Å². The zero-order valence-electron chi connectivity index (χ0n) is 6.79. The molecule has 11 heavy (non-hydrogen) atoms. The number of nitrogens with zero attached hydrogens (tertiary/aromatic N) is 1. The van der Waals surface area contributed by atoms with Gasteiger partial charge in [0.25, 0.3) is 0 Å². The molecule has 0 saturated heterocycles. The van der Waals surface area contributed by atoms with Crippen molar-refractivity contribution in [3.05, 3.63) is 36.6 Å². The minimum atomic E-state index is 0. The monoisotopic (exact) mass is 171 g/mol. The van der Waals surface area contributed by atoms with Gasteiger partial charge in [-0.2, -0.15) is 0 Å². The summed E-state index contributed by atoms with van der Waals surface area (Å²) in [7, 11) is 0. The Morgan fingerprint density at radius 3 is 2.82 bits per heavy atom. The Balaban J connectivity index is 0.000001000. The Labute approximate surface area is 74.5 Å². The summed E-state index contributed by atoms with van der Waals surface area (Å²) in [6, 6.07) is 0. The van der Waals surface area contributed by atoms with Crippen molar-refractivity contribution in [2.24, 2.45) is 0 Å². The second kappa shape index (κ2) is 5.03. The van der Waals surface area contributed by atoms with E-state index < -0.39 is 0 Å². The third kappa shape index (κ3) is 2.81. The van der Waals surface area contributed by atoms with Crippen molar-refractivity contribution in [2.75, 3.05) is 13.1 Å². The highest BCUT2D eigenvalue weighted by atomic mass is 35.5. The fourth-order valence-electron chi connectivity index (χ4n) is 0.929. The summed E-state index contributed by atoms with van der Waals surface area (Å²) < 4.78 is 0. The quantitative estimate of drug-likeness (QED) is 0.617. The molecule has 62 valence electrons. The van der Waals surface area contributed by atoms with E-state index in [0.29, 0.717) is 0 Å². The van der Waals surface area contributed by atoms with Crippen LogP contribution < -0.4 is 0 Å². The van der Waals surface area contributed by atoms with Crippen LogP contribution in [0.4, 0.5) is 0 Å². The first-order chi connectivity index (χ1) is 4.86. The largest absolute Gasteiger partial charge is 0.374 e. The summed E-state index contributed by atoms with van der Waals surface area (Å²) >= 11 is 0. The fraction of sp³-hybridized carbons (Fsp3) is 0.333. The molecule has 0 radical (unpaired) electrons. The van der Waals surface area contributed by atoms with E-state index >= 15 is 0 Å². The van der Waals surface area contributed by atoms with Crippen LogP contribution in [0.15, 0.2) is 36.6 Å². The first kappa shape index (κ1) is 10.3. The molecule has 1 rings (SSSR count). The molecule has 1 aliphatic rings. The van der Waals surface area contributed by atoms with Gasteiger partial charge in [-0.25, -0.2) is 0 Å². The highest BCUT2D eigenvalue weighted by molar-refractivity contribution is 5.85. The molecule has 0 fully saturated rings. The van der Waals surface area contributed by atoms with Crippen molar-refractivity contribution < 1.29 is 0 Å². The van der Waals surface area contributed by atoms with E-state index in [9.17, 15) is 0 Å². The van der Waals surface area contributed by atoms with E-state index in [4.69, 9.17) is 0 Å². The smallest absolute Gasteiger partial charge is 0.0362 e. The summed E-state index contributed by atoms with van der Waals surface area (Å²) in [6.07, 6.45) is 8.25. The van der Waals surface area contributed by atoms with Crippen molar-refractivity contribution in [3.8, 4) is 0 Å². The van der Waals surface area contributed by atoms with Gasteiger partial charge in [0.05, 0.1) is 0 Å². The van der Waals surface area contributed by atoms with Gasteiger partial charge in [0, 0.05) is 13.1 Å². The lowest BCUT2D eigenvalue weighted by Gasteiger charge is -2.19. The fourth-order valence-corrected chi connectivity index (χ4v) is 0.929. The summed E-state index contributed by atoms with van der Waals surface area (Å²) in [5, 5.41) is 0. The van der Waals surface area contributed by atoms with Crippen LogP contribution in [0.5, 0.6) is 0 Å². The molecule has 0 N–H and O–H groups in total. The van der Waals surface area contributed by atoms with Gasteiger partial charge in [-0.05, 0) is 24.8 Å². The maximum absolute atomic E-state index is 3.70. The van der Waals surface area contributed by atoms with Crippen LogP contribution in [0.1, 0.15) is 6.92 Å². The van der Waals surface area contributed by atoms with Gasteiger partial charge in [-0.15, -0.1) is 12.4 Å². The number of allylic oxidation sites excluding steroid dienone is 3. The van der Waals surface area contributed by atoms with Crippen molar-refractivity contribution in [2.45, 2.75) is 6.92 Å². The molecular formula is C9H14ClN. The first-order valence-corrected chi connectivity index (χ1v) is 3.61. The van der Waals surface area contributed by atoms with Gasteiger partial charge in [-0.3, -0.25) is 0 Å². The molecule has 0 aliphatic carbocycles. The summed E-state index contributed by atoms with van der Waals surface area (Å²) in [4.78, 5) is 2.24. The lowest BCUT2D eigenvalue weighted by atomic mass is 10.2. The molecule has 2 heteroatoms. The van der Waals surface area contributed by atoms with Crippen LogP contribution in [-0.2, 0) is 0 Å². The van der Waals surface area contributed by atoms with Crippen molar-refractivity contribution in [1.29, 1.82) is 0 Å².